The van der Waals surface area contributed by atoms with Crippen LogP contribution in [0.25, 0.3) is 10.4 Å². The van der Waals surface area contributed by atoms with Crippen molar-refractivity contribution in [3.63, 3.8) is 0 Å². The predicted octanol–water partition coefficient (Wildman–Crippen LogP) is 4.44. The number of nitrogens with one attached hydrogen (secondary N) is 1. The molecule has 0 unspecified atom stereocenters. The van der Waals surface area contributed by atoms with Gasteiger partial charge in [0.1, 0.15) is 0 Å². The Bertz CT molecular complexity index is 802. The SMILES string of the molecule is O=C(NCCc1ccccc1Cl)c1ccc(-c2ccncc2)s1. The second-order valence-electron chi connectivity index (χ2n) is 5.00. The van der Waals surface area contributed by atoms with Crippen molar-refractivity contribution in [2.24, 2.45) is 0 Å². The van der Waals surface area contributed by atoms with Crippen LogP contribution in [-0.2, 0) is 6.42 Å². The van der Waals surface area contributed by atoms with E-state index >= 15 is 0 Å². The summed E-state index contributed by atoms with van der Waals surface area (Å²) in [5, 5.41) is 3.67. The van der Waals surface area contributed by atoms with Crippen molar-refractivity contribution in [1.29, 1.82) is 0 Å². The summed E-state index contributed by atoms with van der Waals surface area (Å²) < 4.78 is 0. The monoisotopic (exact) mass is 342 g/mol. The molecule has 0 aliphatic heterocycles. The zero-order valence-electron chi connectivity index (χ0n) is 12.3. The quantitative estimate of drug-likeness (QED) is 0.745. The van der Waals surface area contributed by atoms with E-state index in [0.717, 1.165) is 21.0 Å². The van der Waals surface area contributed by atoms with E-state index in [1.807, 2.05) is 48.5 Å². The van der Waals surface area contributed by atoms with Crippen LogP contribution in [-0.4, -0.2) is 17.4 Å². The molecule has 0 bridgehead atoms. The lowest BCUT2D eigenvalue weighted by Gasteiger charge is -2.05. The minimum atomic E-state index is -0.0534. The van der Waals surface area contributed by atoms with Gasteiger partial charge in [0, 0.05) is 28.8 Å². The third-order valence-corrected chi connectivity index (χ3v) is 4.93. The highest BCUT2D eigenvalue weighted by Crippen LogP contribution is 2.27. The summed E-state index contributed by atoms with van der Waals surface area (Å²) in [5.41, 5.74) is 2.11. The molecule has 2 aromatic heterocycles. The number of thiophene rings is 1. The van der Waals surface area contributed by atoms with Crippen molar-refractivity contribution in [2.75, 3.05) is 6.54 Å². The van der Waals surface area contributed by atoms with E-state index in [-0.39, 0.29) is 5.91 Å². The maximum absolute atomic E-state index is 12.2. The molecule has 3 aromatic rings. The molecule has 0 saturated carbocycles. The highest BCUT2D eigenvalue weighted by molar-refractivity contribution is 7.17. The average Bonchev–Trinajstić information content (AvgIpc) is 3.07. The summed E-state index contributed by atoms with van der Waals surface area (Å²) in [7, 11) is 0. The number of nitrogens with zero attached hydrogens (tertiary/aromatic N) is 1. The van der Waals surface area contributed by atoms with E-state index in [9.17, 15) is 4.79 Å². The van der Waals surface area contributed by atoms with Crippen LogP contribution in [0.15, 0.2) is 60.9 Å². The molecular formula is C18H15ClN2OS. The minimum absolute atomic E-state index is 0.0534. The summed E-state index contributed by atoms with van der Waals surface area (Å²) in [6, 6.07) is 15.4. The van der Waals surface area contributed by atoms with Crippen molar-refractivity contribution in [1.82, 2.24) is 10.3 Å². The highest BCUT2D eigenvalue weighted by atomic mass is 35.5. The third-order valence-electron chi connectivity index (χ3n) is 3.43. The van der Waals surface area contributed by atoms with Gasteiger partial charge in [0.25, 0.3) is 5.91 Å². The van der Waals surface area contributed by atoms with Crippen LogP contribution in [0.4, 0.5) is 0 Å². The van der Waals surface area contributed by atoms with E-state index < -0.39 is 0 Å². The zero-order valence-corrected chi connectivity index (χ0v) is 13.9. The number of hydrogen-bond acceptors (Lipinski definition) is 3. The lowest BCUT2D eigenvalue weighted by molar-refractivity contribution is 0.0958. The second-order valence-corrected chi connectivity index (χ2v) is 6.49. The average molecular weight is 343 g/mol. The molecule has 0 saturated heterocycles. The summed E-state index contributed by atoms with van der Waals surface area (Å²) in [4.78, 5) is 18.0. The molecule has 0 aliphatic carbocycles. The molecule has 23 heavy (non-hydrogen) atoms. The molecule has 2 heterocycles. The number of aromatic nitrogens is 1. The van der Waals surface area contributed by atoms with Gasteiger partial charge in [0.2, 0.25) is 0 Å². The van der Waals surface area contributed by atoms with Gasteiger partial charge in [-0.15, -0.1) is 11.3 Å². The summed E-state index contributed by atoms with van der Waals surface area (Å²) in [6.45, 7) is 0.561. The summed E-state index contributed by atoms with van der Waals surface area (Å²) >= 11 is 7.59. The van der Waals surface area contributed by atoms with Gasteiger partial charge in [-0.2, -0.15) is 0 Å². The number of pyridine rings is 1. The molecule has 0 aliphatic rings. The van der Waals surface area contributed by atoms with E-state index in [2.05, 4.69) is 10.3 Å². The Hall–Kier alpha value is -2.17. The first-order valence-electron chi connectivity index (χ1n) is 7.26. The normalized spacial score (nSPS) is 10.5. The van der Waals surface area contributed by atoms with Gasteiger partial charge in [-0.25, -0.2) is 0 Å². The highest BCUT2D eigenvalue weighted by Gasteiger charge is 2.10. The van der Waals surface area contributed by atoms with Crippen molar-refractivity contribution >= 4 is 28.8 Å². The van der Waals surface area contributed by atoms with Crippen molar-refractivity contribution in [2.45, 2.75) is 6.42 Å². The maximum atomic E-state index is 12.2. The Morgan fingerprint density at radius 3 is 2.65 bits per heavy atom. The number of rotatable bonds is 5. The smallest absolute Gasteiger partial charge is 0.261 e. The molecular weight excluding hydrogens is 328 g/mol. The number of carbonyl (C=O) groups excluding carboxylic acids is 1. The first-order valence-corrected chi connectivity index (χ1v) is 8.45. The molecule has 5 heteroatoms. The van der Waals surface area contributed by atoms with Crippen LogP contribution in [0.3, 0.4) is 0 Å². The predicted molar refractivity (Wildman–Crippen MR) is 95.0 cm³/mol. The second kappa shape index (κ2) is 7.40. The number of hydrogen-bond donors (Lipinski definition) is 1. The van der Waals surface area contributed by atoms with Gasteiger partial charge < -0.3 is 5.32 Å². The molecule has 3 nitrogen and oxygen atoms in total. The number of benzene rings is 1. The van der Waals surface area contributed by atoms with Crippen LogP contribution in [0.1, 0.15) is 15.2 Å². The number of amides is 1. The fourth-order valence-electron chi connectivity index (χ4n) is 2.23. The van der Waals surface area contributed by atoms with Gasteiger partial charge in [-0.05, 0) is 47.9 Å². The molecule has 1 amide bonds. The van der Waals surface area contributed by atoms with Crippen LogP contribution in [0.5, 0.6) is 0 Å². The number of carbonyl (C=O) groups is 1. The van der Waals surface area contributed by atoms with Gasteiger partial charge in [-0.1, -0.05) is 29.8 Å². The topological polar surface area (TPSA) is 42.0 Å². The van der Waals surface area contributed by atoms with Crippen LogP contribution in [0, 0.1) is 0 Å². The van der Waals surface area contributed by atoms with Gasteiger partial charge in [0.05, 0.1) is 4.88 Å². The van der Waals surface area contributed by atoms with Gasteiger partial charge >= 0.3 is 0 Å². The molecule has 0 spiro atoms. The Balaban J connectivity index is 1.59. The van der Waals surface area contributed by atoms with Crippen LogP contribution < -0.4 is 5.32 Å². The molecule has 0 radical (unpaired) electrons. The van der Waals surface area contributed by atoms with Crippen LogP contribution >= 0.6 is 22.9 Å². The first kappa shape index (κ1) is 15.7. The summed E-state index contributed by atoms with van der Waals surface area (Å²) in [5.74, 6) is -0.0534. The van der Waals surface area contributed by atoms with Crippen LogP contribution in [0.2, 0.25) is 5.02 Å². The molecule has 0 atom stereocenters. The fourth-order valence-corrected chi connectivity index (χ4v) is 3.39. The summed E-state index contributed by atoms with van der Waals surface area (Å²) in [6.07, 6.45) is 4.21. The van der Waals surface area contributed by atoms with Gasteiger partial charge in [0.15, 0.2) is 0 Å². The fraction of sp³-hybridized carbons (Fsp3) is 0.111. The Morgan fingerprint density at radius 2 is 1.87 bits per heavy atom. The van der Waals surface area contributed by atoms with Crippen molar-refractivity contribution in [3.05, 3.63) is 76.4 Å². The third kappa shape index (κ3) is 3.97. The minimum Gasteiger partial charge on any atom is -0.351 e. The Morgan fingerprint density at radius 1 is 1.09 bits per heavy atom. The maximum Gasteiger partial charge on any atom is 0.261 e. The largest absolute Gasteiger partial charge is 0.351 e. The van der Waals surface area contributed by atoms with Crippen molar-refractivity contribution < 1.29 is 4.79 Å². The van der Waals surface area contributed by atoms with Gasteiger partial charge in [-0.3, -0.25) is 9.78 Å². The van der Waals surface area contributed by atoms with E-state index in [4.69, 9.17) is 11.6 Å². The molecule has 116 valence electrons. The van der Waals surface area contributed by atoms with E-state index in [1.54, 1.807) is 12.4 Å². The van der Waals surface area contributed by atoms with E-state index in [0.29, 0.717) is 17.8 Å². The lowest BCUT2D eigenvalue weighted by atomic mass is 10.1. The Labute approximate surface area is 144 Å². The first-order chi connectivity index (χ1) is 11.2. The zero-order chi connectivity index (χ0) is 16.1. The Kier molecular flexibility index (Phi) is 5.05. The molecule has 0 fully saturated rings. The van der Waals surface area contributed by atoms with E-state index in [1.165, 1.54) is 11.3 Å². The lowest BCUT2D eigenvalue weighted by Crippen LogP contribution is -2.24. The van der Waals surface area contributed by atoms with Crippen molar-refractivity contribution in [3.8, 4) is 10.4 Å². The molecule has 3 rings (SSSR count). The molecule has 1 N–H and O–H groups in total. The number of halogens is 1. The molecule has 1 aromatic carbocycles. The standard InChI is InChI=1S/C18H15ClN2OS/c19-15-4-2-1-3-13(15)9-12-21-18(22)17-6-5-16(23-17)14-7-10-20-11-8-14/h1-8,10-11H,9,12H2,(H,21,22).